The zero-order chi connectivity index (χ0) is 13.3. The monoisotopic (exact) mass is 249 g/mol. The molecule has 1 fully saturated rings. The molecule has 1 saturated heterocycles. The summed E-state index contributed by atoms with van der Waals surface area (Å²) in [6, 6.07) is 0. The molecule has 1 aromatic heterocycles. The minimum Gasteiger partial charge on any atom is -0.352 e. The number of hydrogen-bond acceptors (Lipinski definition) is 3. The van der Waals surface area contributed by atoms with Crippen molar-refractivity contribution < 1.29 is 0 Å². The minimum atomic E-state index is 0.0366. The molecule has 1 atom stereocenters. The Hall–Kier alpha value is -1.32. The van der Waals surface area contributed by atoms with E-state index in [-0.39, 0.29) is 5.56 Å². The highest BCUT2D eigenvalue weighted by molar-refractivity contribution is 5.37. The van der Waals surface area contributed by atoms with Crippen molar-refractivity contribution in [3.05, 3.63) is 22.7 Å². The van der Waals surface area contributed by atoms with E-state index >= 15 is 0 Å². The van der Waals surface area contributed by atoms with Gasteiger partial charge in [-0.15, -0.1) is 0 Å². The van der Waals surface area contributed by atoms with Crippen molar-refractivity contribution in [2.75, 3.05) is 18.0 Å². The Labute approximate surface area is 109 Å². The predicted octanol–water partition coefficient (Wildman–Crippen LogP) is 2.14. The molecule has 2 rings (SSSR count). The molecular formula is C14H23N3O. The Morgan fingerprint density at radius 1 is 1.44 bits per heavy atom. The van der Waals surface area contributed by atoms with E-state index in [0.717, 1.165) is 19.5 Å². The molecule has 0 spiro atoms. The van der Waals surface area contributed by atoms with Crippen molar-refractivity contribution in [1.82, 2.24) is 9.55 Å². The Morgan fingerprint density at radius 3 is 2.72 bits per heavy atom. The maximum atomic E-state index is 12.2. The Kier molecular flexibility index (Phi) is 3.46. The van der Waals surface area contributed by atoms with Crippen LogP contribution in [0.4, 0.5) is 5.82 Å². The van der Waals surface area contributed by atoms with E-state index in [9.17, 15) is 4.79 Å². The van der Waals surface area contributed by atoms with Crippen LogP contribution >= 0.6 is 0 Å². The maximum Gasteiger partial charge on any atom is 0.293 e. The zero-order valence-electron chi connectivity index (χ0n) is 11.8. The highest BCUT2D eigenvalue weighted by Gasteiger charge is 2.33. The molecule has 0 aromatic carbocycles. The summed E-state index contributed by atoms with van der Waals surface area (Å²) in [5, 5.41) is 0. The largest absolute Gasteiger partial charge is 0.352 e. The molecule has 0 unspecified atom stereocenters. The summed E-state index contributed by atoms with van der Waals surface area (Å²) in [6.45, 7) is 11.4. The molecule has 4 heteroatoms. The summed E-state index contributed by atoms with van der Waals surface area (Å²) in [4.78, 5) is 18.6. The van der Waals surface area contributed by atoms with Gasteiger partial charge in [0.1, 0.15) is 0 Å². The summed E-state index contributed by atoms with van der Waals surface area (Å²) in [6.07, 6.45) is 4.62. The summed E-state index contributed by atoms with van der Waals surface area (Å²) in [5.41, 5.74) is 0.336. The lowest BCUT2D eigenvalue weighted by atomic mass is 9.80. The number of hydrogen-bond donors (Lipinski definition) is 0. The third-order valence-corrected chi connectivity index (χ3v) is 3.95. The summed E-state index contributed by atoms with van der Waals surface area (Å²) in [7, 11) is 0. The molecule has 0 saturated carbocycles. The fraction of sp³-hybridized carbons (Fsp3) is 0.714. The molecule has 0 amide bonds. The van der Waals surface area contributed by atoms with Gasteiger partial charge in [-0.3, -0.25) is 4.79 Å². The lowest BCUT2D eigenvalue weighted by Crippen LogP contribution is -2.33. The molecule has 1 aliphatic rings. The van der Waals surface area contributed by atoms with Crippen LogP contribution in [0.1, 0.15) is 34.1 Å². The number of aryl methyl sites for hydroxylation is 1. The van der Waals surface area contributed by atoms with Gasteiger partial charge in [0, 0.05) is 32.0 Å². The first-order valence-corrected chi connectivity index (χ1v) is 6.74. The van der Waals surface area contributed by atoms with Crippen LogP contribution in [0, 0.1) is 11.3 Å². The van der Waals surface area contributed by atoms with Gasteiger partial charge < -0.3 is 9.47 Å². The van der Waals surface area contributed by atoms with Crippen LogP contribution in [-0.2, 0) is 6.54 Å². The van der Waals surface area contributed by atoms with Crippen molar-refractivity contribution in [2.24, 2.45) is 11.3 Å². The van der Waals surface area contributed by atoms with Gasteiger partial charge in [-0.2, -0.15) is 0 Å². The molecule has 100 valence electrons. The van der Waals surface area contributed by atoms with E-state index in [1.165, 1.54) is 0 Å². The predicted molar refractivity (Wildman–Crippen MR) is 73.9 cm³/mol. The zero-order valence-corrected chi connectivity index (χ0v) is 11.8. The molecule has 0 radical (unpaired) electrons. The van der Waals surface area contributed by atoms with Crippen molar-refractivity contribution in [2.45, 2.75) is 40.7 Å². The van der Waals surface area contributed by atoms with Gasteiger partial charge in [-0.25, -0.2) is 4.98 Å². The summed E-state index contributed by atoms with van der Waals surface area (Å²) < 4.78 is 1.72. The molecule has 1 aliphatic heterocycles. The maximum absolute atomic E-state index is 12.2. The van der Waals surface area contributed by atoms with Gasteiger partial charge in [-0.05, 0) is 24.7 Å². The van der Waals surface area contributed by atoms with Gasteiger partial charge in [0.25, 0.3) is 5.56 Å². The van der Waals surface area contributed by atoms with E-state index in [4.69, 9.17) is 0 Å². The van der Waals surface area contributed by atoms with Crippen LogP contribution in [0.3, 0.4) is 0 Å². The standard InChI is InChI=1S/C14H23N3O/c1-5-16-9-7-15-12(13(16)18)17-8-6-11(10-17)14(2,3)4/h7,9,11H,5-6,8,10H2,1-4H3/t11-/m0/s1. The quantitative estimate of drug-likeness (QED) is 0.806. The number of anilines is 1. The van der Waals surface area contributed by atoms with Crippen molar-refractivity contribution in [3.63, 3.8) is 0 Å². The van der Waals surface area contributed by atoms with Gasteiger partial charge in [0.2, 0.25) is 0 Å². The normalized spacial score (nSPS) is 20.4. The second-order valence-electron chi connectivity index (χ2n) is 6.14. The van der Waals surface area contributed by atoms with Gasteiger partial charge in [0.15, 0.2) is 5.82 Å². The summed E-state index contributed by atoms with van der Waals surface area (Å²) >= 11 is 0. The van der Waals surface area contributed by atoms with Crippen LogP contribution in [0.5, 0.6) is 0 Å². The number of nitrogens with zero attached hydrogens (tertiary/aromatic N) is 3. The van der Waals surface area contributed by atoms with Gasteiger partial charge in [0.05, 0.1) is 0 Å². The second kappa shape index (κ2) is 4.75. The van der Waals surface area contributed by atoms with E-state index < -0.39 is 0 Å². The van der Waals surface area contributed by atoms with Gasteiger partial charge in [-0.1, -0.05) is 20.8 Å². The van der Waals surface area contributed by atoms with E-state index in [0.29, 0.717) is 23.7 Å². The topological polar surface area (TPSA) is 38.1 Å². The minimum absolute atomic E-state index is 0.0366. The third kappa shape index (κ3) is 2.42. The average Bonchev–Trinajstić information content (AvgIpc) is 2.78. The number of aromatic nitrogens is 2. The second-order valence-corrected chi connectivity index (χ2v) is 6.14. The first-order valence-electron chi connectivity index (χ1n) is 6.74. The highest BCUT2D eigenvalue weighted by atomic mass is 16.1. The molecular weight excluding hydrogens is 226 g/mol. The Balaban J connectivity index is 2.22. The van der Waals surface area contributed by atoms with E-state index in [1.807, 2.05) is 6.92 Å². The molecule has 4 nitrogen and oxygen atoms in total. The van der Waals surface area contributed by atoms with E-state index in [2.05, 4.69) is 30.7 Å². The molecule has 0 N–H and O–H groups in total. The smallest absolute Gasteiger partial charge is 0.293 e. The molecule has 1 aromatic rings. The average molecular weight is 249 g/mol. The first-order chi connectivity index (χ1) is 8.43. The SMILES string of the molecule is CCn1ccnc(N2CC[C@H](C(C)(C)C)C2)c1=O. The fourth-order valence-corrected chi connectivity index (χ4v) is 2.56. The first kappa shape index (κ1) is 13.1. The molecule has 2 heterocycles. The highest BCUT2D eigenvalue weighted by Crippen LogP contribution is 2.34. The van der Waals surface area contributed by atoms with E-state index in [1.54, 1.807) is 17.0 Å². The van der Waals surface area contributed by atoms with Crippen LogP contribution in [0.15, 0.2) is 17.2 Å². The Bertz CT molecular complexity index is 473. The van der Waals surface area contributed by atoms with Crippen LogP contribution in [0.25, 0.3) is 0 Å². The molecule has 0 bridgehead atoms. The van der Waals surface area contributed by atoms with Gasteiger partial charge >= 0.3 is 0 Å². The lowest BCUT2D eigenvalue weighted by Gasteiger charge is -2.27. The summed E-state index contributed by atoms with van der Waals surface area (Å²) in [5.74, 6) is 1.25. The molecule has 0 aliphatic carbocycles. The third-order valence-electron chi connectivity index (χ3n) is 3.95. The fourth-order valence-electron chi connectivity index (χ4n) is 2.56. The van der Waals surface area contributed by atoms with Crippen LogP contribution in [-0.4, -0.2) is 22.6 Å². The van der Waals surface area contributed by atoms with Crippen LogP contribution in [0.2, 0.25) is 0 Å². The molecule has 18 heavy (non-hydrogen) atoms. The lowest BCUT2D eigenvalue weighted by molar-refractivity contribution is 0.263. The van der Waals surface area contributed by atoms with Crippen molar-refractivity contribution in [1.29, 1.82) is 0 Å². The number of rotatable bonds is 2. The van der Waals surface area contributed by atoms with Crippen molar-refractivity contribution in [3.8, 4) is 0 Å². The van der Waals surface area contributed by atoms with Crippen molar-refractivity contribution >= 4 is 5.82 Å². The van der Waals surface area contributed by atoms with Crippen LogP contribution < -0.4 is 10.5 Å². The Morgan fingerprint density at radius 2 is 2.17 bits per heavy atom.